The third-order valence-electron chi connectivity index (χ3n) is 4.32. The zero-order chi connectivity index (χ0) is 20.9. The molecule has 33 heavy (non-hydrogen) atoms. The van der Waals surface area contributed by atoms with Crippen molar-refractivity contribution in [3.05, 3.63) is 90.9 Å². The first-order chi connectivity index (χ1) is 15.3. The first-order valence-corrected chi connectivity index (χ1v) is 11.2. The number of nitrogens with one attached hydrogen (secondary N) is 1. The van der Waals surface area contributed by atoms with E-state index in [0.29, 0.717) is 18.2 Å². The molecule has 0 aliphatic heterocycles. The fourth-order valence-corrected chi connectivity index (χ4v) is 4.45. The standard InChI is InChI=1S/C23H17N5OS2.2ClH/c1-2-7-16(8-3-1)15-29-19-13-17(30-20-10-4-5-11-24-20)14-26-21(19)28-23-27-18-9-6-12-25-22(18)31-23;;/h1-14H,15H2,(H,26,27,28);2*1H. The topological polar surface area (TPSA) is 72.8 Å². The van der Waals surface area contributed by atoms with Crippen LogP contribution in [0.3, 0.4) is 0 Å². The van der Waals surface area contributed by atoms with Crippen molar-refractivity contribution in [1.82, 2.24) is 19.9 Å². The maximum absolute atomic E-state index is 6.15. The smallest absolute Gasteiger partial charge is 0.191 e. The highest BCUT2D eigenvalue weighted by Crippen LogP contribution is 2.35. The van der Waals surface area contributed by atoms with Gasteiger partial charge in [-0.1, -0.05) is 59.5 Å². The van der Waals surface area contributed by atoms with E-state index < -0.39 is 0 Å². The molecule has 0 unspecified atom stereocenters. The van der Waals surface area contributed by atoms with Gasteiger partial charge in [-0.05, 0) is 35.9 Å². The van der Waals surface area contributed by atoms with E-state index >= 15 is 0 Å². The van der Waals surface area contributed by atoms with E-state index in [0.717, 1.165) is 31.0 Å². The zero-order valence-electron chi connectivity index (χ0n) is 17.1. The summed E-state index contributed by atoms with van der Waals surface area (Å²) in [7, 11) is 0. The molecule has 1 N–H and O–H groups in total. The van der Waals surface area contributed by atoms with Crippen LogP contribution < -0.4 is 10.1 Å². The lowest BCUT2D eigenvalue weighted by Gasteiger charge is -2.12. The number of halogens is 2. The molecule has 5 rings (SSSR count). The maximum atomic E-state index is 6.15. The number of rotatable bonds is 7. The van der Waals surface area contributed by atoms with Crippen molar-refractivity contribution < 1.29 is 4.74 Å². The Morgan fingerprint density at radius 1 is 0.879 bits per heavy atom. The molecule has 0 aliphatic rings. The van der Waals surface area contributed by atoms with Gasteiger partial charge in [0.15, 0.2) is 16.7 Å². The number of fused-ring (bicyclic) bond motifs is 1. The maximum Gasteiger partial charge on any atom is 0.191 e. The number of ether oxygens (including phenoxy) is 1. The van der Waals surface area contributed by atoms with E-state index in [1.54, 1.807) is 12.4 Å². The lowest BCUT2D eigenvalue weighted by atomic mass is 10.2. The van der Waals surface area contributed by atoms with Crippen molar-refractivity contribution in [3.63, 3.8) is 0 Å². The molecule has 0 bridgehead atoms. The van der Waals surface area contributed by atoms with Crippen LogP contribution in [0.4, 0.5) is 10.9 Å². The predicted molar refractivity (Wildman–Crippen MR) is 139 cm³/mol. The Balaban J connectivity index is 0.00000153. The molecule has 0 amide bonds. The molecule has 0 radical (unpaired) electrons. The molecule has 6 nitrogen and oxygen atoms in total. The average molecular weight is 516 g/mol. The van der Waals surface area contributed by atoms with E-state index in [9.17, 15) is 0 Å². The van der Waals surface area contributed by atoms with Crippen molar-refractivity contribution in [3.8, 4) is 5.75 Å². The number of hydrogen-bond acceptors (Lipinski definition) is 8. The first-order valence-electron chi connectivity index (χ1n) is 9.58. The Hall–Kier alpha value is -2.91. The number of pyridine rings is 3. The molecule has 0 aliphatic carbocycles. The third kappa shape index (κ3) is 6.33. The second kappa shape index (κ2) is 11.8. The van der Waals surface area contributed by atoms with Gasteiger partial charge in [-0.15, -0.1) is 24.8 Å². The molecule has 5 aromatic rings. The minimum atomic E-state index is 0. The van der Waals surface area contributed by atoms with Crippen molar-refractivity contribution in [2.75, 3.05) is 5.32 Å². The highest BCUT2D eigenvalue weighted by Gasteiger charge is 2.12. The van der Waals surface area contributed by atoms with Crippen LogP contribution in [-0.4, -0.2) is 19.9 Å². The fourth-order valence-electron chi connectivity index (χ4n) is 2.87. The van der Waals surface area contributed by atoms with Gasteiger partial charge >= 0.3 is 0 Å². The second-order valence-corrected chi connectivity index (χ2v) is 8.61. The van der Waals surface area contributed by atoms with Gasteiger partial charge in [0.2, 0.25) is 0 Å². The van der Waals surface area contributed by atoms with Crippen LogP contribution in [0, 0.1) is 0 Å². The van der Waals surface area contributed by atoms with Crippen molar-refractivity contribution in [2.45, 2.75) is 16.5 Å². The highest BCUT2D eigenvalue weighted by molar-refractivity contribution is 7.99. The molecule has 4 heterocycles. The summed E-state index contributed by atoms with van der Waals surface area (Å²) in [4.78, 5) is 19.8. The van der Waals surface area contributed by atoms with Crippen LogP contribution in [0.25, 0.3) is 10.3 Å². The summed E-state index contributed by atoms with van der Waals surface area (Å²) in [6.07, 6.45) is 5.35. The molecule has 4 aromatic heterocycles. The van der Waals surface area contributed by atoms with E-state index in [1.165, 1.54) is 23.1 Å². The van der Waals surface area contributed by atoms with E-state index in [-0.39, 0.29) is 24.8 Å². The quantitative estimate of drug-likeness (QED) is 0.255. The molecule has 0 saturated heterocycles. The SMILES string of the molecule is Cl.Cl.c1ccc(COc2cc(Sc3ccccn3)cnc2Nc2nc3cccnc3s2)cc1. The van der Waals surface area contributed by atoms with Crippen LogP contribution in [0.2, 0.25) is 0 Å². The van der Waals surface area contributed by atoms with Crippen LogP contribution in [0.15, 0.2) is 95.2 Å². The van der Waals surface area contributed by atoms with Crippen molar-refractivity contribution >= 4 is 69.2 Å². The first kappa shape index (κ1) is 24.7. The second-order valence-electron chi connectivity index (χ2n) is 6.53. The van der Waals surface area contributed by atoms with Gasteiger partial charge in [-0.25, -0.2) is 19.9 Å². The predicted octanol–water partition coefficient (Wildman–Crippen LogP) is 6.80. The number of nitrogens with zero attached hydrogens (tertiary/aromatic N) is 4. The van der Waals surface area contributed by atoms with Crippen molar-refractivity contribution in [1.29, 1.82) is 0 Å². The Morgan fingerprint density at radius 3 is 2.48 bits per heavy atom. The van der Waals surface area contributed by atoms with Crippen LogP contribution >= 0.6 is 47.9 Å². The molecule has 0 atom stereocenters. The summed E-state index contributed by atoms with van der Waals surface area (Å²) in [5, 5.41) is 4.91. The molecule has 1 aromatic carbocycles. The molecule has 0 fully saturated rings. The number of anilines is 2. The largest absolute Gasteiger partial charge is 0.485 e. The molecular formula is C23H19Cl2N5OS2. The summed E-state index contributed by atoms with van der Waals surface area (Å²) >= 11 is 3.02. The third-order valence-corrected chi connectivity index (χ3v) is 6.12. The monoisotopic (exact) mass is 515 g/mol. The van der Waals surface area contributed by atoms with E-state index in [4.69, 9.17) is 4.74 Å². The lowest BCUT2D eigenvalue weighted by Crippen LogP contribution is -2.01. The van der Waals surface area contributed by atoms with Crippen LogP contribution in [0.1, 0.15) is 5.56 Å². The van der Waals surface area contributed by atoms with Gasteiger partial charge in [0.05, 0.1) is 0 Å². The summed E-state index contributed by atoms with van der Waals surface area (Å²) in [6.45, 7) is 0.441. The Morgan fingerprint density at radius 2 is 1.70 bits per heavy atom. The number of benzene rings is 1. The van der Waals surface area contributed by atoms with E-state index in [1.807, 2.05) is 72.9 Å². The number of thiazole rings is 1. The normalized spacial score (nSPS) is 10.2. The Kier molecular flexibility index (Phi) is 8.85. The molecular weight excluding hydrogens is 497 g/mol. The van der Waals surface area contributed by atoms with Crippen LogP contribution in [0.5, 0.6) is 5.75 Å². The summed E-state index contributed by atoms with van der Waals surface area (Å²) in [6, 6.07) is 21.7. The summed E-state index contributed by atoms with van der Waals surface area (Å²) in [5.41, 5.74) is 1.93. The van der Waals surface area contributed by atoms with Gasteiger partial charge < -0.3 is 10.1 Å². The summed E-state index contributed by atoms with van der Waals surface area (Å²) in [5.74, 6) is 1.26. The van der Waals surface area contributed by atoms with Crippen molar-refractivity contribution in [2.24, 2.45) is 0 Å². The molecule has 168 valence electrons. The molecule has 10 heteroatoms. The van der Waals surface area contributed by atoms with Gasteiger partial charge in [-0.2, -0.15) is 0 Å². The van der Waals surface area contributed by atoms with Gasteiger partial charge in [-0.3, -0.25) is 0 Å². The van der Waals surface area contributed by atoms with Crippen LogP contribution in [-0.2, 0) is 6.61 Å². The number of aromatic nitrogens is 4. The Bertz CT molecular complexity index is 1270. The summed E-state index contributed by atoms with van der Waals surface area (Å²) < 4.78 is 6.15. The molecule has 0 spiro atoms. The highest BCUT2D eigenvalue weighted by atomic mass is 35.5. The van der Waals surface area contributed by atoms with Gasteiger partial charge in [0.25, 0.3) is 0 Å². The molecule has 0 saturated carbocycles. The van der Waals surface area contributed by atoms with E-state index in [2.05, 4.69) is 25.3 Å². The Labute approximate surface area is 211 Å². The van der Waals surface area contributed by atoms with Gasteiger partial charge in [0, 0.05) is 23.5 Å². The van der Waals surface area contributed by atoms with Gasteiger partial charge in [0.1, 0.15) is 22.0 Å². The zero-order valence-corrected chi connectivity index (χ0v) is 20.4. The fraction of sp³-hybridized carbons (Fsp3) is 0.0435. The average Bonchev–Trinajstić information content (AvgIpc) is 3.23. The lowest BCUT2D eigenvalue weighted by molar-refractivity contribution is 0.306. The minimum Gasteiger partial charge on any atom is -0.485 e. The minimum absolute atomic E-state index is 0. The number of hydrogen-bond donors (Lipinski definition) is 1.